The summed E-state index contributed by atoms with van der Waals surface area (Å²) in [5.74, 6) is -1.85. The first-order valence-corrected chi connectivity index (χ1v) is 15.6. The Morgan fingerprint density at radius 2 is 1.86 bits per heavy atom. The number of thiazole rings is 1. The molecule has 3 atom stereocenters. The SMILES string of the molecule is N=C(N)NCCC[C@H](NC(=O)[C@@H]1CCCN1C(=O)[C@@H](CC1CCCCC1)NCC(=O)O)C(=O)c1nc2ccccc2s1. The zero-order valence-corrected chi connectivity index (χ0v) is 24.6. The van der Waals surface area contributed by atoms with Crippen LogP contribution in [-0.2, 0) is 14.4 Å². The fourth-order valence-corrected chi connectivity index (χ4v) is 6.89. The Balaban J connectivity index is 1.47. The summed E-state index contributed by atoms with van der Waals surface area (Å²) in [6.45, 7) is 0.424. The van der Waals surface area contributed by atoms with Crippen LogP contribution in [0.2, 0.25) is 0 Å². The van der Waals surface area contributed by atoms with Crippen molar-refractivity contribution in [3.8, 4) is 0 Å². The molecule has 13 heteroatoms. The van der Waals surface area contributed by atoms with Gasteiger partial charge in [-0.3, -0.25) is 29.9 Å². The van der Waals surface area contributed by atoms with Gasteiger partial charge >= 0.3 is 5.97 Å². The molecule has 1 aliphatic heterocycles. The second kappa shape index (κ2) is 15.1. The number of nitrogens with two attached hydrogens (primary N) is 1. The molecular weight excluding hydrogens is 558 g/mol. The zero-order chi connectivity index (χ0) is 30.1. The van der Waals surface area contributed by atoms with E-state index in [4.69, 9.17) is 11.1 Å². The van der Waals surface area contributed by atoms with E-state index < -0.39 is 30.0 Å². The number of carbonyl (C=O) groups excluding carboxylic acids is 3. The Hall–Kier alpha value is -3.58. The second-order valence-electron chi connectivity index (χ2n) is 11.2. The lowest BCUT2D eigenvalue weighted by Gasteiger charge is -2.32. The monoisotopic (exact) mass is 599 g/mol. The van der Waals surface area contributed by atoms with Gasteiger partial charge in [0.15, 0.2) is 11.0 Å². The molecular formula is C29H41N7O5S. The molecule has 1 aromatic carbocycles. The number of nitrogens with zero attached hydrogens (tertiary/aromatic N) is 2. The minimum Gasteiger partial charge on any atom is -0.480 e. The summed E-state index contributed by atoms with van der Waals surface area (Å²) in [6.07, 6.45) is 7.80. The van der Waals surface area contributed by atoms with Crippen molar-refractivity contribution in [2.75, 3.05) is 19.6 Å². The van der Waals surface area contributed by atoms with Crippen LogP contribution in [0.1, 0.15) is 74.0 Å². The third kappa shape index (κ3) is 8.48. The van der Waals surface area contributed by atoms with E-state index in [0.29, 0.717) is 61.6 Å². The van der Waals surface area contributed by atoms with Crippen LogP contribution >= 0.6 is 11.3 Å². The molecule has 2 amide bonds. The van der Waals surface area contributed by atoms with Crippen molar-refractivity contribution in [2.24, 2.45) is 11.7 Å². The first-order chi connectivity index (χ1) is 20.2. The molecule has 2 aromatic rings. The van der Waals surface area contributed by atoms with Gasteiger partial charge in [0.25, 0.3) is 0 Å². The summed E-state index contributed by atoms with van der Waals surface area (Å²) >= 11 is 1.27. The number of benzene rings is 1. The van der Waals surface area contributed by atoms with Gasteiger partial charge in [-0.2, -0.15) is 0 Å². The van der Waals surface area contributed by atoms with Crippen LogP contribution in [0, 0.1) is 11.3 Å². The molecule has 12 nitrogen and oxygen atoms in total. The summed E-state index contributed by atoms with van der Waals surface area (Å²) in [5.41, 5.74) is 6.09. The van der Waals surface area contributed by atoms with Crippen LogP contribution in [0.5, 0.6) is 0 Å². The number of aliphatic carboxylic acids is 1. The normalized spacial score (nSPS) is 18.9. The molecule has 0 spiro atoms. The summed E-state index contributed by atoms with van der Waals surface area (Å²) in [4.78, 5) is 58.3. The van der Waals surface area contributed by atoms with Gasteiger partial charge < -0.3 is 26.4 Å². The number of rotatable bonds is 14. The van der Waals surface area contributed by atoms with Crippen LogP contribution in [0.4, 0.5) is 0 Å². The highest BCUT2D eigenvalue weighted by Crippen LogP contribution is 2.29. The van der Waals surface area contributed by atoms with Gasteiger partial charge in [-0.25, -0.2) is 4.98 Å². The predicted octanol–water partition coefficient (Wildman–Crippen LogP) is 2.23. The lowest BCUT2D eigenvalue weighted by Crippen LogP contribution is -2.55. The van der Waals surface area contributed by atoms with E-state index in [1.807, 2.05) is 24.3 Å². The Labute approximate surface area is 249 Å². The Kier molecular flexibility index (Phi) is 11.2. The summed E-state index contributed by atoms with van der Waals surface area (Å²) < 4.78 is 0.870. The van der Waals surface area contributed by atoms with Crippen molar-refractivity contribution in [1.82, 2.24) is 25.8 Å². The molecule has 2 heterocycles. The first-order valence-electron chi connectivity index (χ1n) is 14.8. The molecule has 0 bridgehead atoms. The number of ketones is 1. The third-order valence-corrected chi connectivity index (χ3v) is 9.10. The van der Waals surface area contributed by atoms with Crippen LogP contribution in [0.3, 0.4) is 0 Å². The molecule has 1 aliphatic carbocycles. The van der Waals surface area contributed by atoms with Gasteiger partial charge in [0.2, 0.25) is 17.6 Å². The van der Waals surface area contributed by atoms with E-state index in [0.717, 1.165) is 30.4 Å². The van der Waals surface area contributed by atoms with Crippen LogP contribution in [0.25, 0.3) is 10.2 Å². The molecule has 2 fully saturated rings. The molecule has 228 valence electrons. The zero-order valence-electron chi connectivity index (χ0n) is 23.8. The second-order valence-corrected chi connectivity index (χ2v) is 12.2. The minimum absolute atomic E-state index is 0.174. The van der Waals surface area contributed by atoms with Gasteiger partial charge in [-0.15, -0.1) is 11.3 Å². The van der Waals surface area contributed by atoms with Crippen molar-refractivity contribution >= 4 is 51.1 Å². The number of carbonyl (C=O) groups is 4. The molecule has 0 unspecified atom stereocenters. The van der Waals surface area contributed by atoms with Crippen LogP contribution < -0.4 is 21.7 Å². The number of carboxylic acid groups (broad SMARTS) is 1. The number of Topliss-reactive ketones (excluding diaryl/α,β-unsaturated/α-hetero) is 1. The van der Waals surface area contributed by atoms with Crippen molar-refractivity contribution in [3.63, 3.8) is 0 Å². The first kappa shape index (κ1) is 31.4. The predicted molar refractivity (Wildman–Crippen MR) is 160 cm³/mol. The van der Waals surface area contributed by atoms with Crippen molar-refractivity contribution in [1.29, 1.82) is 5.41 Å². The van der Waals surface area contributed by atoms with Crippen LogP contribution in [-0.4, -0.2) is 82.3 Å². The molecule has 1 aromatic heterocycles. The van der Waals surface area contributed by atoms with Gasteiger partial charge in [0, 0.05) is 13.1 Å². The number of hydrogen-bond donors (Lipinski definition) is 6. The highest BCUT2D eigenvalue weighted by atomic mass is 32.1. The van der Waals surface area contributed by atoms with Crippen molar-refractivity contribution < 1.29 is 24.3 Å². The van der Waals surface area contributed by atoms with E-state index in [2.05, 4.69) is 20.9 Å². The number of hydrogen-bond acceptors (Lipinski definition) is 8. The molecule has 7 N–H and O–H groups in total. The fraction of sp³-hybridized carbons (Fsp3) is 0.586. The largest absolute Gasteiger partial charge is 0.480 e. The Morgan fingerprint density at radius 3 is 2.57 bits per heavy atom. The number of guanidine groups is 1. The molecule has 0 radical (unpaired) electrons. The lowest BCUT2D eigenvalue weighted by molar-refractivity contribution is -0.141. The smallest absolute Gasteiger partial charge is 0.317 e. The van der Waals surface area contributed by atoms with Gasteiger partial charge in [0.05, 0.1) is 28.8 Å². The van der Waals surface area contributed by atoms with E-state index in [1.165, 1.54) is 17.8 Å². The average Bonchev–Trinajstić information content (AvgIpc) is 3.64. The highest BCUT2D eigenvalue weighted by Gasteiger charge is 2.39. The van der Waals surface area contributed by atoms with Crippen LogP contribution in [0.15, 0.2) is 24.3 Å². The van der Waals surface area contributed by atoms with E-state index >= 15 is 0 Å². The number of para-hydroxylation sites is 1. The van der Waals surface area contributed by atoms with Gasteiger partial charge in [-0.1, -0.05) is 44.2 Å². The fourth-order valence-electron chi connectivity index (χ4n) is 5.93. The van der Waals surface area contributed by atoms with E-state index in [9.17, 15) is 24.3 Å². The third-order valence-electron chi connectivity index (χ3n) is 8.05. The summed E-state index contributed by atoms with van der Waals surface area (Å²) in [7, 11) is 0. The topological polar surface area (TPSA) is 191 Å². The molecule has 42 heavy (non-hydrogen) atoms. The Bertz CT molecular complexity index is 1250. The highest BCUT2D eigenvalue weighted by molar-refractivity contribution is 7.20. The maximum atomic E-state index is 13.7. The minimum atomic E-state index is -1.04. The molecule has 2 aliphatic rings. The Morgan fingerprint density at radius 1 is 1.10 bits per heavy atom. The van der Waals surface area contributed by atoms with Crippen molar-refractivity contribution in [3.05, 3.63) is 29.3 Å². The maximum Gasteiger partial charge on any atom is 0.317 e. The number of nitrogens with one attached hydrogen (secondary N) is 4. The summed E-state index contributed by atoms with van der Waals surface area (Å²) in [5, 5.41) is 25.5. The number of aromatic nitrogens is 1. The standard InChI is InChI=1S/C29H41N7O5S/c30-29(31)32-14-6-11-20(25(39)27-35-19-10-4-5-13-23(19)42-27)34-26(40)22-12-7-15-36(22)28(41)21(33-17-24(37)38)16-18-8-2-1-3-9-18/h4-5,10,13,18,20-22,33H,1-3,6-9,11-12,14-17H2,(H,34,40)(H,37,38)(H4,30,31,32)/t20-,21+,22-/m0/s1. The number of carboxylic acids is 1. The van der Waals surface area contributed by atoms with Gasteiger partial charge in [0.1, 0.15) is 6.04 Å². The number of amides is 2. The molecule has 1 saturated heterocycles. The lowest BCUT2D eigenvalue weighted by atomic mass is 9.84. The maximum absolute atomic E-state index is 13.7. The van der Waals surface area contributed by atoms with E-state index in [1.54, 1.807) is 4.90 Å². The number of likely N-dealkylation sites (tertiary alicyclic amines) is 1. The van der Waals surface area contributed by atoms with Crippen molar-refractivity contribution in [2.45, 2.75) is 82.3 Å². The quantitative estimate of drug-likeness (QED) is 0.0818. The van der Waals surface area contributed by atoms with E-state index in [-0.39, 0.29) is 24.2 Å². The average molecular weight is 600 g/mol. The molecule has 4 rings (SSSR count). The number of fused-ring (bicyclic) bond motifs is 1. The molecule has 1 saturated carbocycles. The summed E-state index contributed by atoms with van der Waals surface area (Å²) in [6, 6.07) is 5.14. The van der Waals surface area contributed by atoms with Gasteiger partial charge in [-0.05, 0) is 50.2 Å².